The van der Waals surface area contributed by atoms with E-state index in [1.807, 2.05) is 0 Å². The Kier molecular flexibility index (Phi) is 5.67. The Morgan fingerprint density at radius 2 is 1.93 bits per heavy atom. The summed E-state index contributed by atoms with van der Waals surface area (Å²) >= 11 is 6.09. The van der Waals surface area contributed by atoms with E-state index in [9.17, 15) is 22.8 Å². The summed E-state index contributed by atoms with van der Waals surface area (Å²) in [4.78, 5) is 22.7. The fraction of sp³-hybridized carbons (Fsp3) is 0.200. The predicted molar refractivity (Wildman–Crippen MR) is 103 cm³/mol. The number of aldehydes is 1. The summed E-state index contributed by atoms with van der Waals surface area (Å²) < 4.78 is 48.8. The molecule has 1 atom stereocenters. The Hall–Kier alpha value is -3.20. The summed E-state index contributed by atoms with van der Waals surface area (Å²) in [5, 5.41) is 9.62. The highest BCUT2D eigenvalue weighted by Crippen LogP contribution is 2.35. The van der Waals surface area contributed by atoms with Gasteiger partial charge in [-0.3, -0.25) is 4.79 Å². The van der Waals surface area contributed by atoms with Crippen LogP contribution in [0.5, 0.6) is 11.5 Å². The van der Waals surface area contributed by atoms with Gasteiger partial charge >= 0.3 is 12.3 Å². The van der Waals surface area contributed by atoms with Crippen molar-refractivity contribution in [3.05, 3.63) is 52.7 Å². The third-order valence-electron chi connectivity index (χ3n) is 4.40. The highest BCUT2D eigenvalue weighted by atomic mass is 35.5. The lowest BCUT2D eigenvalue weighted by Gasteiger charge is -2.15. The number of hydrogen-bond acceptors (Lipinski definition) is 4. The maximum absolute atomic E-state index is 12.6. The monoisotopic (exact) mass is 441 g/mol. The van der Waals surface area contributed by atoms with Gasteiger partial charge in [-0.15, -0.1) is 13.2 Å². The molecule has 0 bridgehead atoms. The summed E-state index contributed by atoms with van der Waals surface area (Å²) in [6.07, 6.45) is -5.45. The standard InChI is InChI=1S/C20H15ClF3NO5/c1-10-15(9-26)14-5-4-13(30-20(22,23)24)8-17(14)25(10)12-3-6-16(21)18(7-12)29-11(2)19(27)28/h3-9,11H,1-2H3,(H,27,28)/t11-/m0/s1. The molecule has 0 aliphatic carbocycles. The van der Waals surface area contributed by atoms with Gasteiger partial charge in [0.2, 0.25) is 0 Å². The molecule has 10 heteroatoms. The van der Waals surface area contributed by atoms with Crippen molar-refractivity contribution in [1.29, 1.82) is 0 Å². The highest BCUT2D eigenvalue weighted by molar-refractivity contribution is 6.32. The Morgan fingerprint density at radius 3 is 2.53 bits per heavy atom. The van der Waals surface area contributed by atoms with E-state index in [0.29, 0.717) is 28.6 Å². The van der Waals surface area contributed by atoms with E-state index in [-0.39, 0.29) is 16.3 Å². The lowest BCUT2D eigenvalue weighted by Crippen LogP contribution is -2.23. The molecule has 0 fully saturated rings. The average molecular weight is 442 g/mol. The number of aliphatic carboxylic acids is 1. The lowest BCUT2D eigenvalue weighted by molar-refractivity contribution is -0.274. The van der Waals surface area contributed by atoms with E-state index in [4.69, 9.17) is 21.4 Å². The number of ether oxygens (including phenoxy) is 2. The van der Waals surface area contributed by atoms with Gasteiger partial charge in [-0.25, -0.2) is 4.79 Å². The SMILES string of the molecule is Cc1c(C=O)c2ccc(OC(F)(F)F)cc2n1-c1ccc(Cl)c(O[C@@H](C)C(=O)O)c1. The van der Waals surface area contributed by atoms with Crippen molar-refractivity contribution in [2.24, 2.45) is 0 Å². The molecule has 0 saturated carbocycles. The number of benzene rings is 2. The van der Waals surface area contributed by atoms with Crippen molar-refractivity contribution in [3.63, 3.8) is 0 Å². The quantitative estimate of drug-likeness (QED) is 0.535. The van der Waals surface area contributed by atoms with Crippen molar-refractivity contribution >= 4 is 34.8 Å². The van der Waals surface area contributed by atoms with Crippen LogP contribution in [0, 0.1) is 6.92 Å². The highest BCUT2D eigenvalue weighted by Gasteiger charge is 2.31. The molecule has 6 nitrogen and oxygen atoms in total. The number of aromatic nitrogens is 1. The number of carbonyl (C=O) groups excluding carboxylic acids is 1. The zero-order chi connectivity index (χ0) is 22.2. The molecule has 158 valence electrons. The van der Waals surface area contributed by atoms with Crippen molar-refractivity contribution in [1.82, 2.24) is 4.57 Å². The van der Waals surface area contributed by atoms with Gasteiger partial charge in [0.05, 0.1) is 10.5 Å². The van der Waals surface area contributed by atoms with E-state index in [0.717, 1.165) is 12.1 Å². The van der Waals surface area contributed by atoms with Gasteiger partial charge in [0, 0.05) is 34.5 Å². The first kappa shape index (κ1) is 21.5. The fourth-order valence-electron chi connectivity index (χ4n) is 3.06. The Labute approximate surface area is 173 Å². The molecule has 0 radical (unpaired) electrons. The molecule has 0 saturated heterocycles. The minimum atomic E-state index is -4.87. The molecule has 1 heterocycles. The molecule has 30 heavy (non-hydrogen) atoms. The number of fused-ring (bicyclic) bond motifs is 1. The molecule has 0 spiro atoms. The summed E-state index contributed by atoms with van der Waals surface area (Å²) in [5.41, 5.74) is 1.45. The van der Waals surface area contributed by atoms with Gasteiger partial charge in [-0.1, -0.05) is 11.6 Å². The maximum atomic E-state index is 12.6. The maximum Gasteiger partial charge on any atom is 0.573 e. The first-order chi connectivity index (χ1) is 14.0. The van der Waals surface area contributed by atoms with Crippen molar-refractivity contribution < 1.29 is 37.3 Å². The topological polar surface area (TPSA) is 77.8 Å². The molecule has 1 N–H and O–H groups in total. The number of carboxylic acid groups (broad SMARTS) is 1. The molecule has 2 aromatic carbocycles. The number of rotatable bonds is 6. The number of alkyl halides is 3. The second kappa shape index (κ2) is 7.91. The van der Waals surface area contributed by atoms with Gasteiger partial charge in [0.1, 0.15) is 11.5 Å². The van der Waals surface area contributed by atoms with E-state index >= 15 is 0 Å². The van der Waals surface area contributed by atoms with Crippen LogP contribution in [0.3, 0.4) is 0 Å². The zero-order valence-corrected chi connectivity index (χ0v) is 16.4. The zero-order valence-electron chi connectivity index (χ0n) is 15.7. The van der Waals surface area contributed by atoms with Gasteiger partial charge in [-0.2, -0.15) is 0 Å². The van der Waals surface area contributed by atoms with Gasteiger partial charge < -0.3 is 19.1 Å². The van der Waals surface area contributed by atoms with E-state index < -0.39 is 24.2 Å². The smallest absolute Gasteiger partial charge is 0.479 e. The van der Waals surface area contributed by atoms with E-state index in [1.165, 1.54) is 29.7 Å². The Balaban J connectivity index is 2.19. The van der Waals surface area contributed by atoms with Gasteiger partial charge in [0.15, 0.2) is 12.4 Å². The van der Waals surface area contributed by atoms with Crippen molar-refractivity contribution in [3.8, 4) is 17.2 Å². The number of nitrogens with zero attached hydrogens (tertiary/aromatic N) is 1. The van der Waals surface area contributed by atoms with Gasteiger partial charge in [0.25, 0.3) is 0 Å². The van der Waals surface area contributed by atoms with Crippen LogP contribution in [0.4, 0.5) is 13.2 Å². The molecule has 0 aliphatic heterocycles. The summed E-state index contributed by atoms with van der Waals surface area (Å²) in [7, 11) is 0. The molecular formula is C20H15ClF3NO5. The fourth-order valence-corrected chi connectivity index (χ4v) is 3.22. The van der Waals surface area contributed by atoms with Crippen LogP contribution < -0.4 is 9.47 Å². The van der Waals surface area contributed by atoms with Crippen LogP contribution in [0.1, 0.15) is 23.0 Å². The van der Waals surface area contributed by atoms with Crippen LogP contribution in [0.15, 0.2) is 36.4 Å². The largest absolute Gasteiger partial charge is 0.573 e. The number of hydrogen-bond donors (Lipinski definition) is 1. The molecule has 0 unspecified atom stereocenters. The van der Waals surface area contributed by atoms with E-state index in [2.05, 4.69) is 4.74 Å². The molecule has 3 rings (SSSR count). The minimum absolute atomic E-state index is 0.0701. The number of carboxylic acids is 1. The van der Waals surface area contributed by atoms with Crippen molar-refractivity contribution in [2.75, 3.05) is 0 Å². The molecular weight excluding hydrogens is 427 g/mol. The number of carbonyl (C=O) groups is 2. The second-order valence-electron chi connectivity index (χ2n) is 6.39. The first-order valence-electron chi connectivity index (χ1n) is 8.57. The summed E-state index contributed by atoms with van der Waals surface area (Å²) in [5.74, 6) is -1.58. The predicted octanol–water partition coefficient (Wildman–Crippen LogP) is 5.16. The first-order valence-corrected chi connectivity index (χ1v) is 8.95. The minimum Gasteiger partial charge on any atom is -0.479 e. The average Bonchev–Trinajstić information content (AvgIpc) is 2.92. The third kappa shape index (κ3) is 4.20. The van der Waals surface area contributed by atoms with Crippen molar-refractivity contribution in [2.45, 2.75) is 26.3 Å². The van der Waals surface area contributed by atoms with E-state index in [1.54, 1.807) is 13.0 Å². The van der Waals surface area contributed by atoms with Crippen LogP contribution in [0.25, 0.3) is 16.6 Å². The molecule has 3 aromatic rings. The van der Waals surface area contributed by atoms with Gasteiger partial charge in [-0.05, 0) is 38.1 Å². The summed E-state index contributed by atoms with van der Waals surface area (Å²) in [6, 6.07) is 8.13. The second-order valence-corrected chi connectivity index (χ2v) is 6.80. The Bertz CT molecular complexity index is 1140. The number of halogens is 4. The summed E-state index contributed by atoms with van der Waals surface area (Å²) in [6.45, 7) is 2.95. The molecule has 1 aromatic heterocycles. The van der Waals surface area contributed by atoms with Crippen LogP contribution in [0.2, 0.25) is 5.02 Å². The molecule has 0 aliphatic rings. The van der Waals surface area contributed by atoms with Crippen LogP contribution >= 0.6 is 11.6 Å². The van der Waals surface area contributed by atoms with Crippen LogP contribution in [-0.4, -0.2) is 34.4 Å². The molecule has 0 amide bonds. The lowest BCUT2D eigenvalue weighted by atomic mass is 10.1. The third-order valence-corrected chi connectivity index (χ3v) is 4.71. The Morgan fingerprint density at radius 1 is 1.23 bits per heavy atom. The normalized spacial score (nSPS) is 12.6. The van der Waals surface area contributed by atoms with Crippen LogP contribution in [-0.2, 0) is 4.79 Å².